The molecule has 0 spiro atoms. The van der Waals surface area contributed by atoms with E-state index < -0.39 is 0 Å². The van der Waals surface area contributed by atoms with E-state index >= 15 is 0 Å². The van der Waals surface area contributed by atoms with Crippen molar-refractivity contribution in [3.8, 4) is 0 Å². The maximum atomic E-state index is 5.86. The molecule has 0 aliphatic heterocycles. The lowest BCUT2D eigenvalue weighted by atomic mass is 10.2. The van der Waals surface area contributed by atoms with Crippen molar-refractivity contribution < 1.29 is 0 Å². The van der Waals surface area contributed by atoms with Crippen molar-refractivity contribution in [2.75, 3.05) is 19.0 Å². The van der Waals surface area contributed by atoms with E-state index in [9.17, 15) is 0 Å². The molecular weight excluding hydrogens is 324 g/mol. The van der Waals surface area contributed by atoms with Gasteiger partial charge in [-0.15, -0.1) is 0 Å². The Morgan fingerprint density at radius 1 is 1.27 bits per heavy atom. The van der Waals surface area contributed by atoms with Gasteiger partial charge < -0.3 is 4.90 Å². The van der Waals surface area contributed by atoms with Crippen LogP contribution in [0.4, 0.5) is 5.82 Å². The van der Waals surface area contributed by atoms with Crippen LogP contribution < -0.4 is 4.90 Å². The third-order valence-corrected chi connectivity index (χ3v) is 2.87. The van der Waals surface area contributed by atoms with Gasteiger partial charge in [-0.25, -0.2) is 4.98 Å². The molecule has 2 rings (SSSR count). The fourth-order valence-electron chi connectivity index (χ4n) is 1.40. The topological polar surface area (TPSA) is 29.0 Å². The number of hydrogen-bond donors (Lipinski definition) is 0. The Morgan fingerprint density at radius 2 is 2.00 bits per heavy atom. The molecule has 0 fully saturated rings. The number of halogens is 2. The highest BCUT2D eigenvalue weighted by atomic mass is 127. The first-order valence-electron chi connectivity index (χ1n) is 4.38. The summed E-state index contributed by atoms with van der Waals surface area (Å²) in [7, 11) is 3.88. The highest BCUT2D eigenvalue weighted by Gasteiger charge is 2.08. The molecule has 2 aromatic rings. The van der Waals surface area contributed by atoms with E-state index in [2.05, 4.69) is 38.6 Å². The van der Waals surface area contributed by atoms with E-state index in [-0.39, 0.29) is 5.28 Å². The van der Waals surface area contributed by atoms with Crippen molar-refractivity contribution >= 4 is 50.9 Å². The quantitative estimate of drug-likeness (QED) is 0.593. The Bertz CT molecular complexity index is 513. The third kappa shape index (κ3) is 2.15. The lowest BCUT2D eigenvalue weighted by Crippen LogP contribution is -2.11. The van der Waals surface area contributed by atoms with Gasteiger partial charge in [0.1, 0.15) is 5.82 Å². The van der Waals surface area contributed by atoms with Gasteiger partial charge in [-0.05, 0) is 52.4 Å². The summed E-state index contributed by atoms with van der Waals surface area (Å²) in [6, 6.07) is 6.02. The molecule has 15 heavy (non-hydrogen) atoms. The summed E-state index contributed by atoms with van der Waals surface area (Å²) in [5.74, 6) is 0.850. The Labute approximate surface area is 107 Å². The predicted octanol–water partition coefficient (Wildman–Crippen LogP) is 2.95. The number of aromatic nitrogens is 2. The van der Waals surface area contributed by atoms with Gasteiger partial charge in [0.25, 0.3) is 0 Å². The number of rotatable bonds is 1. The lowest BCUT2D eigenvalue weighted by molar-refractivity contribution is 1.06. The number of benzene rings is 1. The predicted molar refractivity (Wildman–Crippen MR) is 71.6 cm³/mol. The van der Waals surface area contributed by atoms with Gasteiger partial charge in [0.2, 0.25) is 5.28 Å². The van der Waals surface area contributed by atoms with Crippen LogP contribution in [0.5, 0.6) is 0 Å². The van der Waals surface area contributed by atoms with E-state index in [1.54, 1.807) is 0 Å². The average Bonchev–Trinajstić information content (AvgIpc) is 2.17. The largest absolute Gasteiger partial charge is 0.362 e. The van der Waals surface area contributed by atoms with E-state index in [1.807, 2.05) is 31.1 Å². The zero-order valence-corrected chi connectivity index (χ0v) is 11.2. The molecule has 0 aliphatic rings. The van der Waals surface area contributed by atoms with Crippen LogP contribution in [0.2, 0.25) is 5.28 Å². The second-order valence-corrected chi connectivity index (χ2v) is 4.96. The zero-order chi connectivity index (χ0) is 11.0. The summed E-state index contributed by atoms with van der Waals surface area (Å²) < 4.78 is 1.16. The molecule has 0 unspecified atom stereocenters. The Morgan fingerprint density at radius 3 is 2.67 bits per heavy atom. The molecule has 0 radical (unpaired) electrons. The first-order chi connectivity index (χ1) is 7.08. The van der Waals surface area contributed by atoms with Crippen LogP contribution in [0, 0.1) is 3.57 Å². The summed E-state index contributed by atoms with van der Waals surface area (Å²) in [4.78, 5) is 10.3. The Kier molecular flexibility index (Phi) is 2.97. The second kappa shape index (κ2) is 4.09. The molecule has 78 valence electrons. The van der Waals surface area contributed by atoms with E-state index in [4.69, 9.17) is 11.6 Å². The van der Waals surface area contributed by atoms with E-state index in [0.717, 1.165) is 20.3 Å². The van der Waals surface area contributed by atoms with Crippen molar-refractivity contribution in [3.63, 3.8) is 0 Å². The van der Waals surface area contributed by atoms with E-state index in [0.29, 0.717) is 0 Å². The molecule has 0 amide bonds. The molecule has 1 aromatic carbocycles. The molecule has 0 atom stereocenters. The van der Waals surface area contributed by atoms with Gasteiger partial charge in [0.15, 0.2) is 0 Å². The van der Waals surface area contributed by atoms with Crippen molar-refractivity contribution in [3.05, 3.63) is 27.1 Å². The van der Waals surface area contributed by atoms with Gasteiger partial charge in [-0.3, -0.25) is 0 Å². The molecule has 0 N–H and O–H groups in total. The summed E-state index contributed by atoms with van der Waals surface area (Å²) in [6.45, 7) is 0. The SMILES string of the molecule is CN(C)c1nc(Cl)nc2ccc(I)cc12. The summed E-state index contributed by atoms with van der Waals surface area (Å²) in [6.07, 6.45) is 0. The Hall–Kier alpha value is -0.620. The minimum Gasteiger partial charge on any atom is -0.362 e. The van der Waals surface area contributed by atoms with Gasteiger partial charge in [0.05, 0.1) is 5.52 Å². The lowest BCUT2D eigenvalue weighted by Gasteiger charge is -2.14. The minimum atomic E-state index is 0.285. The van der Waals surface area contributed by atoms with E-state index in [1.165, 1.54) is 0 Å². The number of nitrogens with zero attached hydrogens (tertiary/aromatic N) is 3. The minimum absolute atomic E-state index is 0.285. The molecule has 1 aromatic heterocycles. The van der Waals surface area contributed by atoms with Crippen LogP contribution in [0.25, 0.3) is 10.9 Å². The molecule has 1 heterocycles. The normalized spacial score (nSPS) is 10.7. The molecular formula is C10H9ClIN3. The summed E-state index contributed by atoms with van der Waals surface area (Å²) >= 11 is 8.13. The third-order valence-electron chi connectivity index (χ3n) is 2.03. The van der Waals surface area contributed by atoms with Crippen LogP contribution in [-0.4, -0.2) is 24.1 Å². The maximum absolute atomic E-state index is 5.86. The fourth-order valence-corrected chi connectivity index (χ4v) is 2.06. The van der Waals surface area contributed by atoms with Crippen molar-refractivity contribution in [2.24, 2.45) is 0 Å². The van der Waals surface area contributed by atoms with Gasteiger partial charge >= 0.3 is 0 Å². The standard InChI is InChI=1S/C10H9ClIN3/c1-15(2)9-7-5-6(12)3-4-8(7)13-10(11)14-9/h3-5H,1-2H3. The summed E-state index contributed by atoms with van der Waals surface area (Å²) in [5.41, 5.74) is 0.874. The molecule has 3 nitrogen and oxygen atoms in total. The highest BCUT2D eigenvalue weighted by Crippen LogP contribution is 2.25. The van der Waals surface area contributed by atoms with Gasteiger partial charge in [0, 0.05) is 23.1 Å². The van der Waals surface area contributed by atoms with Crippen molar-refractivity contribution in [1.29, 1.82) is 0 Å². The average molecular weight is 334 g/mol. The number of hydrogen-bond acceptors (Lipinski definition) is 3. The van der Waals surface area contributed by atoms with Gasteiger partial charge in [-0.2, -0.15) is 4.98 Å². The van der Waals surface area contributed by atoms with Crippen molar-refractivity contribution in [1.82, 2.24) is 9.97 Å². The maximum Gasteiger partial charge on any atom is 0.224 e. The smallest absolute Gasteiger partial charge is 0.224 e. The number of fused-ring (bicyclic) bond motifs is 1. The van der Waals surface area contributed by atoms with Crippen LogP contribution in [-0.2, 0) is 0 Å². The van der Waals surface area contributed by atoms with Gasteiger partial charge in [-0.1, -0.05) is 0 Å². The monoisotopic (exact) mass is 333 g/mol. The molecule has 5 heteroatoms. The molecule has 0 aliphatic carbocycles. The molecule has 0 bridgehead atoms. The first kappa shape index (κ1) is 10.9. The number of anilines is 1. The zero-order valence-electron chi connectivity index (χ0n) is 8.33. The summed E-state index contributed by atoms with van der Waals surface area (Å²) in [5, 5.41) is 1.31. The van der Waals surface area contributed by atoms with Crippen LogP contribution in [0.1, 0.15) is 0 Å². The second-order valence-electron chi connectivity index (χ2n) is 3.37. The fraction of sp³-hybridized carbons (Fsp3) is 0.200. The highest BCUT2D eigenvalue weighted by molar-refractivity contribution is 14.1. The molecule has 0 saturated carbocycles. The van der Waals surface area contributed by atoms with Crippen LogP contribution >= 0.6 is 34.2 Å². The van der Waals surface area contributed by atoms with Crippen molar-refractivity contribution in [2.45, 2.75) is 0 Å². The van der Waals surface area contributed by atoms with Crippen LogP contribution in [0.15, 0.2) is 18.2 Å². The Balaban J connectivity index is 2.81. The van der Waals surface area contributed by atoms with Crippen LogP contribution in [0.3, 0.4) is 0 Å². The first-order valence-corrected chi connectivity index (χ1v) is 5.84. The molecule has 0 saturated heterocycles.